The highest BCUT2D eigenvalue weighted by Crippen LogP contribution is 2.35. The Morgan fingerprint density at radius 1 is 1.10 bits per heavy atom. The molecule has 0 saturated carbocycles. The lowest BCUT2D eigenvalue weighted by atomic mass is 10.1. The van der Waals surface area contributed by atoms with E-state index in [-0.39, 0.29) is 0 Å². The first-order valence-corrected chi connectivity index (χ1v) is 2.48. The molecule has 0 heterocycles. The van der Waals surface area contributed by atoms with Gasteiger partial charge in [-0.15, -0.1) is 0 Å². The van der Waals surface area contributed by atoms with Crippen LogP contribution in [0.1, 0.15) is 6.42 Å². The van der Waals surface area contributed by atoms with Gasteiger partial charge in [-0.1, -0.05) is 0 Å². The molecule has 0 aromatic heterocycles. The SMILES string of the molecule is [CH2]C(F)(F)C(F)(F)CCF. The molecule has 0 rings (SSSR count). The molecular formula is C5H6F5. The molecule has 0 fully saturated rings. The fourth-order valence-corrected chi connectivity index (χ4v) is 0.302. The molecular weight excluding hydrogens is 155 g/mol. The molecule has 0 amide bonds. The summed E-state index contributed by atoms with van der Waals surface area (Å²) >= 11 is 0. The minimum atomic E-state index is -4.38. The lowest BCUT2D eigenvalue weighted by molar-refractivity contribution is -0.186. The molecule has 0 nitrogen and oxygen atoms in total. The highest BCUT2D eigenvalue weighted by Gasteiger charge is 2.51. The van der Waals surface area contributed by atoms with Crippen LogP contribution in [0.3, 0.4) is 0 Å². The zero-order valence-electron chi connectivity index (χ0n) is 5.01. The maximum Gasteiger partial charge on any atom is 0.312 e. The number of rotatable bonds is 3. The van der Waals surface area contributed by atoms with Gasteiger partial charge in [0.05, 0.1) is 6.67 Å². The van der Waals surface area contributed by atoms with Crippen LogP contribution >= 0.6 is 0 Å². The summed E-state index contributed by atoms with van der Waals surface area (Å²) in [5.41, 5.74) is 0. The highest BCUT2D eigenvalue weighted by molar-refractivity contribution is 4.86. The molecule has 5 heteroatoms. The molecule has 0 aliphatic rings. The second kappa shape index (κ2) is 2.72. The van der Waals surface area contributed by atoms with E-state index in [1.807, 2.05) is 6.92 Å². The molecule has 0 aromatic rings. The normalized spacial score (nSPS) is 13.8. The Labute approximate surface area is 55.0 Å². The molecule has 61 valence electrons. The van der Waals surface area contributed by atoms with Gasteiger partial charge in [0.2, 0.25) is 0 Å². The molecule has 1 radical (unpaired) electrons. The maximum atomic E-state index is 11.9. The minimum absolute atomic E-state index is 1.47. The first kappa shape index (κ1) is 9.65. The minimum Gasteiger partial charge on any atom is -0.251 e. The Morgan fingerprint density at radius 2 is 1.50 bits per heavy atom. The van der Waals surface area contributed by atoms with Crippen molar-refractivity contribution in [2.75, 3.05) is 6.67 Å². The second-order valence-electron chi connectivity index (χ2n) is 1.85. The molecule has 0 bridgehead atoms. The summed E-state index contributed by atoms with van der Waals surface area (Å²) in [5, 5.41) is 0. The highest BCUT2D eigenvalue weighted by atomic mass is 19.3. The molecule has 0 aliphatic carbocycles. The largest absolute Gasteiger partial charge is 0.312 e. The third-order valence-electron chi connectivity index (χ3n) is 0.944. The molecule has 0 atom stereocenters. The summed E-state index contributed by atoms with van der Waals surface area (Å²) < 4.78 is 58.3. The van der Waals surface area contributed by atoms with E-state index >= 15 is 0 Å². The lowest BCUT2D eigenvalue weighted by Gasteiger charge is -2.21. The van der Waals surface area contributed by atoms with Crippen LogP contribution in [0.2, 0.25) is 0 Å². The van der Waals surface area contributed by atoms with Gasteiger partial charge in [0.15, 0.2) is 0 Å². The Hall–Kier alpha value is -0.350. The Bertz CT molecular complexity index is 103. The van der Waals surface area contributed by atoms with E-state index in [0.29, 0.717) is 0 Å². The van der Waals surface area contributed by atoms with Crippen molar-refractivity contribution in [3.8, 4) is 0 Å². The van der Waals surface area contributed by atoms with Gasteiger partial charge >= 0.3 is 11.8 Å². The Kier molecular flexibility index (Phi) is 2.62. The van der Waals surface area contributed by atoms with Gasteiger partial charge in [-0.25, -0.2) is 0 Å². The smallest absolute Gasteiger partial charge is 0.251 e. The van der Waals surface area contributed by atoms with E-state index in [9.17, 15) is 22.0 Å². The molecule has 0 saturated heterocycles. The number of halogens is 5. The average molecular weight is 161 g/mol. The van der Waals surface area contributed by atoms with E-state index in [1.54, 1.807) is 0 Å². The maximum absolute atomic E-state index is 11.9. The molecule has 10 heavy (non-hydrogen) atoms. The first-order chi connectivity index (χ1) is 4.31. The topological polar surface area (TPSA) is 0 Å². The zero-order valence-corrected chi connectivity index (χ0v) is 5.01. The number of alkyl halides is 5. The zero-order chi connectivity index (χ0) is 8.41. The van der Waals surface area contributed by atoms with Crippen LogP contribution in [0.15, 0.2) is 0 Å². The van der Waals surface area contributed by atoms with Crippen molar-refractivity contribution in [3.05, 3.63) is 6.92 Å². The van der Waals surface area contributed by atoms with Crippen molar-refractivity contribution >= 4 is 0 Å². The predicted molar refractivity (Wildman–Crippen MR) is 25.8 cm³/mol. The van der Waals surface area contributed by atoms with Crippen molar-refractivity contribution in [1.82, 2.24) is 0 Å². The number of hydrogen-bond donors (Lipinski definition) is 0. The van der Waals surface area contributed by atoms with E-state index in [0.717, 1.165) is 0 Å². The standard InChI is InChI=1S/C5H6F5/c1-4(7,8)5(9,10)2-3-6/h1-3H2. The van der Waals surface area contributed by atoms with Crippen LogP contribution in [0.25, 0.3) is 0 Å². The van der Waals surface area contributed by atoms with Crippen molar-refractivity contribution in [2.45, 2.75) is 18.3 Å². The third-order valence-corrected chi connectivity index (χ3v) is 0.944. The summed E-state index contributed by atoms with van der Waals surface area (Å²) in [6, 6.07) is 0. The molecule has 0 aliphatic heterocycles. The molecule has 0 spiro atoms. The van der Waals surface area contributed by atoms with E-state index < -0.39 is 24.9 Å². The summed E-state index contributed by atoms with van der Waals surface area (Å²) in [5.74, 6) is -8.71. The van der Waals surface area contributed by atoms with Gasteiger partial charge in [-0.3, -0.25) is 4.39 Å². The van der Waals surface area contributed by atoms with Gasteiger partial charge in [0.1, 0.15) is 0 Å². The van der Waals surface area contributed by atoms with Gasteiger partial charge in [-0.05, 0) is 0 Å². The Balaban J connectivity index is 4.10. The van der Waals surface area contributed by atoms with Gasteiger partial charge in [0, 0.05) is 13.3 Å². The van der Waals surface area contributed by atoms with Crippen LogP contribution in [-0.4, -0.2) is 18.5 Å². The van der Waals surface area contributed by atoms with E-state index in [1.165, 1.54) is 0 Å². The van der Waals surface area contributed by atoms with Crippen LogP contribution < -0.4 is 0 Å². The molecule has 0 unspecified atom stereocenters. The van der Waals surface area contributed by atoms with Crippen LogP contribution in [0.4, 0.5) is 22.0 Å². The van der Waals surface area contributed by atoms with Crippen molar-refractivity contribution in [1.29, 1.82) is 0 Å². The van der Waals surface area contributed by atoms with Crippen LogP contribution in [-0.2, 0) is 0 Å². The van der Waals surface area contributed by atoms with Crippen molar-refractivity contribution in [2.24, 2.45) is 0 Å². The van der Waals surface area contributed by atoms with Crippen molar-refractivity contribution in [3.63, 3.8) is 0 Å². The first-order valence-electron chi connectivity index (χ1n) is 2.48. The summed E-state index contributed by atoms with van der Waals surface area (Å²) in [6.45, 7) is 0.437. The lowest BCUT2D eigenvalue weighted by Crippen LogP contribution is -2.38. The Morgan fingerprint density at radius 3 is 1.60 bits per heavy atom. The fraction of sp³-hybridized carbons (Fsp3) is 0.800. The monoisotopic (exact) mass is 161 g/mol. The fourth-order valence-electron chi connectivity index (χ4n) is 0.302. The quantitative estimate of drug-likeness (QED) is 0.557. The van der Waals surface area contributed by atoms with Gasteiger partial charge in [0.25, 0.3) is 0 Å². The number of hydrogen-bond acceptors (Lipinski definition) is 0. The summed E-state index contributed by atoms with van der Waals surface area (Å²) in [6.07, 6.45) is -1.48. The van der Waals surface area contributed by atoms with Crippen LogP contribution in [0, 0.1) is 6.92 Å². The van der Waals surface area contributed by atoms with E-state index in [4.69, 9.17) is 0 Å². The van der Waals surface area contributed by atoms with E-state index in [2.05, 4.69) is 0 Å². The van der Waals surface area contributed by atoms with Gasteiger partial charge < -0.3 is 0 Å². The van der Waals surface area contributed by atoms with Crippen LogP contribution in [0.5, 0.6) is 0 Å². The third kappa shape index (κ3) is 2.11. The molecule has 0 aromatic carbocycles. The predicted octanol–water partition coefficient (Wildman–Crippen LogP) is 2.45. The average Bonchev–Trinajstić information content (AvgIpc) is 1.61. The van der Waals surface area contributed by atoms with Crippen molar-refractivity contribution < 1.29 is 22.0 Å². The van der Waals surface area contributed by atoms with Gasteiger partial charge in [-0.2, -0.15) is 17.6 Å². The summed E-state index contributed by atoms with van der Waals surface area (Å²) in [4.78, 5) is 0. The summed E-state index contributed by atoms with van der Waals surface area (Å²) in [7, 11) is 0. The second-order valence-corrected chi connectivity index (χ2v) is 1.85. The molecule has 0 N–H and O–H groups in total.